The molecule has 1 aromatic carbocycles. The molecular formula is C23H25N5O. The molecule has 3 aromatic heterocycles. The minimum absolute atomic E-state index is 0.0219. The maximum atomic E-state index is 12.6. The number of amides is 1. The maximum Gasteiger partial charge on any atom is 0.224 e. The van der Waals surface area contributed by atoms with Gasteiger partial charge < -0.3 is 5.32 Å². The molecule has 4 aromatic rings. The molecule has 0 spiro atoms. The van der Waals surface area contributed by atoms with E-state index in [2.05, 4.69) is 15.4 Å². The van der Waals surface area contributed by atoms with Crippen LogP contribution in [-0.4, -0.2) is 25.5 Å². The number of hydrogen-bond donors (Lipinski definition) is 1. The number of fused-ring (bicyclic) bond motifs is 3. The first-order valence-corrected chi connectivity index (χ1v) is 9.83. The first-order valence-electron chi connectivity index (χ1n) is 9.83. The highest BCUT2D eigenvalue weighted by Gasteiger charge is 2.16. The first-order chi connectivity index (χ1) is 13.8. The zero-order valence-corrected chi connectivity index (χ0v) is 17.5. The van der Waals surface area contributed by atoms with E-state index < -0.39 is 0 Å². The molecule has 4 rings (SSSR count). The predicted molar refractivity (Wildman–Crippen MR) is 115 cm³/mol. The van der Waals surface area contributed by atoms with E-state index in [9.17, 15) is 4.79 Å². The summed E-state index contributed by atoms with van der Waals surface area (Å²) < 4.78 is 1.89. The fourth-order valence-electron chi connectivity index (χ4n) is 3.99. The molecule has 0 aliphatic carbocycles. The molecule has 1 N–H and O–H groups in total. The van der Waals surface area contributed by atoms with Gasteiger partial charge in [0.15, 0.2) is 5.65 Å². The monoisotopic (exact) mass is 387 g/mol. The zero-order chi connectivity index (χ0) is 20.7. The number of hydrogen-bond acceptors (Lipinski definition) is 4. The smallest absolute Gasteiger partial charge is 0.224 e. The van der Waals surface area contributed by atoms with E-state index in [1.807, 2.05) is 69.5 Å². The normalized spacial score (nSPS) is 11.3. The zero-order valence-electron chi connectivity index (χ0n) is 17.5. The molecule has 0 saturated heterocycles. The van der Waals surface area contributed by atoms with Crippen LogP contribution in [-0.2, 0) is 11.2 Å². The van der Waals surface area contributed by atoms with Crippen LogP contribution in [0.4, 0.5) is 5.69 Å². The molecule has 0 aliphatic heterocycles. The first kappa shape index (κ1) is 19.1. The number of benzene rings is 1. The van der Waals surface area contributed by atoms with Gasteiger partial charge >= 0.3 is 0 Å². The standard InChI is InChI=1S/C23H25N5O/c1-13-12-14(2)24-16(4)22(13)26-21(29)11-10-18-15(3)25-23-19-8-6-7-9-20(19)27-28(23)17(18)5/h6-9,12H,10-11H2,1-5H3,(H,26,29). The van der Waals surface area contributed by atoms with Gasteiger partial charge in [-0.3, -0.25) is 9.78 Å². The van der Waals surface area contributed by atoms with Crippen LogP contribution in [0.3, 0.4) is 0 Å². The predicted octanol–water partition coefficient (Wildman–Crippen LogP) is 4.39. The van der Waals surface area contributed by atoms with Gasteiger partial charge in [0.2, 0.25) is 5.91 Å². The van der Waals surface area contributed by atoms with E-state index in [1.165, 1.54) is 0 Å². The molecule has 148 valence electrons. The average Bonchev–Trinajstić information content (AvgIpc) is 3.03. The summed E-state index contributed by atoms with van der Waals surface area (Å²) in [5.74, 6) is -0.0219. The highest BCUT2D eigenvalue weighted by Crippen LogP contribution is 2.24. The average molecular weight is 387 g/mol. The molecule has 3 heterocycles. The van der Waals surface area contributed by atoms with Gasteiger partial charge in [0, 0.05) is 28.9 Å². The van der Waals surface area contributed by atoms with Crippen LogP contribution < -0.4 is 5.32 Å². The van der Waals surface area contributed by atoms with Gasteiger partial charge in [0.25, 0.3) is 0 Å². The van der Waals surface area contributed by atoms with Crippen molar-refractivity contribution < 1.29 is 4.79 Å². The van der Waals surface area contributed by atoms with Crippen LogP contribution in [0, 0.1) is 34.6 Å². The molecule has 0 fully saturated rings. The van der Waals surface area contributed by atoms with E-state index in [4.69, 9.17) is 4.98 Å². The number of anilines is 1. The fraction of sp³-hybridized carbons (Fsp3) is 0.304. The molecule has 0 radical (unpaired) electrons. The minimum atomic E-state index is -0.0219. The lowest BCUT2D eigenvalue weighted by Crippen LogP contribution is -2.16. The van der Waals surface area contributed by atoms with Gasteiger partial charge in [-0.1, -0.05) is 12.1 Å². The molecular weight excluding hydrogens is 362 g/mol. The van der Waals surface area contributed by atoms with E-state index in [0.29, 0.717) is 12.8 Å². The molecule has 29 heavy (non-hydrogen) atoms. The van der Waals surface area contributed by atoms with Crippen molar-refractivity contribution in [2.24, 2.45) is 0 Å². The molecule has 0 unspecified atom stereocenters. The lowest BCUT2D eigenvalue weighted by molar-refractivity contribution is -0.116. The Kier molecular flexibility index (Phi) is 4.78. The van der Waals surface area contributed by atoms with Gasteiger partial charge in [0.1, 0.15) is 0 Å². The summed E-state index contributed by atoms with van der Waals surface area (Å²) in [6.07, 6.45) is 0.989. The summed E-state index contributed by atoms with van der Waals surface area (Å²) in [7, 11) is 0. The third kappa shape index (κ3) is 3.46. The molecule has 0 saturated carbocycles. The van der Waals surface area contributed by atoms with E-state index in [1.54, 1.807) is 0 Å². The third-order valence-corrected chi connectivity index (χ3v) is 5.41. The Labute approximate surface area is 170 Å². The Bertz CT molecular complexity index is 1230. The van der Waals surface area contributed by atoms with Crippen molar-refractivity contribution >= 4 is 28.1 Å². The van der Waals surface area contributed by atoms with Crippen LogP contribution >= 0.6 is 0 Å². The van der Waals surface area contributed by atoms with Crippen LogP contribution in [0.15, 0.2) is 30.3 Å². The van der Waals surface area contributed by atoms with E-state index >= 15 is 0 Å². The van der Waals surface area contributed by atoms with Gasteiger partial charge in [-0.05, 0) is 70.4 Å². The van der Waals surface area contributed by atoms with Crippen molar-refractivity contribution in [3.8, 4) is 0 Å². The van der Waals surface area contributed by atoms with Gasteiger partial charge in [-0.15, -0.1) is 0 Å². The number of aromatic nitrogens is 4. The highest BCUT2D eigenvalue weighted by atomic mass is 16.1. The lowest BCUT2D eigenvalue weighted by atomic mass is 10.1. The van der Waals surface area contributed by atoms with Crippen LogP contribution in [0.2, 0.25) is 0 Å². The van der Waals surface area contributed by atoms with Crippen molar-refractivity contribution in [3.63, 3.8) is 0 Å². The topological polar surface area (TPSA) is 72.2 Å². The fourth-order valence-corrected chi connectivity index (χ4v) is 3.99. The minimum Gasteiger partial charge on any atom is -0.324 e. The van der Waals surface area contributed by atoms with Crippen LogP contribution in [0.5, 0.6) is 0 Å². The molecule has 1 amide bonds. The number of nitrogens with one attached hydrogen (secondary N) is 1. The lowest BCUT2D eigenvalue weighted by Gasteiger charge is -2.13. The Morgan fingerprint density at radius 2 is 1.79 bits per heavy atom. The molecule has 0 bridgehead atoms. The Morgan fingerprint density at radius 3 is 2.55 bits per heavy atom. The van der Waals surface area contributed by atoms with Crippen LogP contribution in [0.25, 0.3) is 16.6 Å². The van der Waals surface area contributed by atoms with Crippen molar-refractivity contribution in [2.75, 3.05) is 5.32 Å². The second-order valence-corrected chi connectivity index (χ2v) is 7.60. The summed E-state index contributed by atoms with van der Waals surface area (Å²) in [5.41, 5.74) is 8.46. The Hall–Kier alpha value is -3.28. The molecule has 6 nitrogen and oxygen atoms in total. The molecule has 6 heteroatoms. The SMILES string of the molecule is Cc1cc(C)c(NC(=O)CCc2c(C)nc3c4ccccc4nn3c2C)c(C)n1. The third-order valence-electron chi connectivity index (χ3n) is 5.41. The molecule has 0 atom stereocenters. The van der Waals surface area contributed by atoms with Gasteiger partial charge in [-0.2, -0.15) is 5.10 Å². The van der Waals surface area contributed by atoms with Gasteiger partial charge in [-0.25, -0.2) is 9.50 Å². The summed E-state index contributed by atoms with van der Waals surface area (Å²) in [6, 6.07) is 9.99. The summed E-state index contributed by atoms with van der Waals surface area (Å²) in [6.45, 7) is 9.91. The van der Waals surface area contributed by atoms with E-state index in [-0.39, 0.29) is 5.91 Å². The summed E-state index contributed by atoms with van der Waals surface area (Å²) >= 11 is 0. The van der Waals surface area contributed by atoms with E-state index in [0.717, 1.165) is 56.1 Å². The number of rotatable bonds is 4. The largest absolute Gasteiger partial charge is 0.324 e. The van der Waals surface area contributed by atoms with Crippen molar-refractivity contribution in [1.29, 1.82) is 0 Å². The van der Waals surface area contributed by atoms with Gasteiger partial charge in [0.05, 0.1) is 16.9 Å². The number of aryl methyl sites for hydroxylation is 5. The number of carbonyl (C=O) groups excluding carboxylic acids is 1. The maximum absolute atomic E-state index is 12.6. The molecule has 0 aliphatic rings. The van der Waals surface area contributed by atoms with Crippen molar-refractivity contribution in [2.45, 2.75) is 47.5 Å². The number of carbonyl (C=O) groups is 1. The number of pyridine rings is 1. The second-order valence-electron chi connectivity index (χ2n) is 7.60. The number of nitrogens with zero attached hydrogens (tertiary/aromatic N) is 4. The summed E-state index contributed by atoms with van der Waals surface area (Å²) in [4.78, 5) is 21.9. The Balaban J connectivity index is 1.58. The van der Waals surface area contributed by atoms with Crippen molar-refractivity contribution in [3.05, 3.63) is 64.2 Å². The summed E-state index contributed by atoms with van der Waals surface area (Å²) in [5, 5.41) is 8.76. The Morgan fingerprint density at radius 1 is 1.03 bits per heavy atom. The highest BCUT2D eigenvalue weighted by molar-refractivity contribution is 5.93. The second kappa shape index (κ2) is 7.28. The quantitative estimate of drug-likeness (QED) is 0.564. The van der Waals surface area contributed by atoms with Crippen LogP contribution in [0.1, 0.15) is 40.3 Å². The van der Waals surface area contributed by atoms with Crippen molar-refractivity contribution in [1.82, 2.24) is 19.6 Å².